The minimum Gasteiger partial charge on any atom is -0.265 e. The maximum Gasteiger partial charge on any atom is 0.209 e. The second-order valence-corrected chi connectivity index (χ2v) is 4.62. The van der Waals surface area contributed by atoms with Crippen molar-refractivity contribution in [3.05, 3.63) is 10.1 Å². The summed E-state index contributed by atoms with van der Waals surface area (Å²) < 4.78 is 0. The van der Waals surface area contributed by atoms with Crippen molar-refractivity contribution < 1.29 is 4.92 Å². The first-order valence-electron chi connectivity index (χ1n) is 3.78. The lowest BCUT2D eigenvalue weighted by atomic mass is 9.69. The van der Waals surface area contributed by atoms with E-state index >= 15 is 0 Å². The maximum atomic E-state index is 10.3. The number of hydrogen-bond acceptors (Lipinski definition) is 2. The van der Waals surface area contributed by atoms with Crippen molar-refractivity contribution in [3.63, 3.8) is 0 Å². The van der Waals surface area contributed by atoms with Crippen molar-refractivity contribution in [2.75, 3.05) is 6.54 Å². The van der Waals surface area contributed by atoms with Crippen LogP contribution >= 0.6 is 0 Å². The summed E-state index contributed by atoms with van der Waals surface area (Å²) in [6, 6.07) is 0. The van der Waals surface area contributed by atoms with Crippen molar-refractivity contribution in [1.29, 1.82) is 0 Å². The summed E-state index contributed by atoms with van der Waals surface area (Å²) >= 11 is 0. The molecule has 0 spiro atoms. The van der Waals surface area contributed by atoms with Crippen molar-refractivity contribution >= 4 is 0 Å². The molecule has 0 bridgehead atoms. The first-order valence-corrected chi connectivity index (χ1v) is 3.78. The summed E-state index contributed by atoms with van der Waals surface area (Å²) in [6.07, 6.45) is 0. The Hall–Kier alpha value is -0.600. The molecule has 0 aromatic heterocycles. The maximum absolute atomic E-state index is 10.3. The van der Waals surface area contributed by atoms with Crippen LogP contribution in [0.15, 0.2) is 0 Å². The Labute approximate surface area is 67.9 Å². The molecule has 0 saturated heterocycles. The van der Waals surface area contributed by atoms with Gasteiger partial charge in [0.25, 0.3) is 0 Å². The number of nitro groups is 1. The van der Waals surface area contributed by atoms with Crippen molar-refractivity contribution in [3.8, 4) is 0 Å². The van der Waals surface area contributed by atoms with Crippen molar-refractivity contribution in [2.45, 2.75) is 34.6 Å². The Morgan fingerprint density at radius 3 is 1.64 bits per heavy atom. The Morgan fingerprint density at radius 2 is 1.55 bits per heavy atom. The van der Waals surface area contributed by atoms with E-state index in [-0.39, 0.29) is 22.3 Å². The molecule has 0 heterocycles. The van der Waals surface area contributed by atoms with E-state index in [4.69, 9.17) is 0 Å². The van der Waals surface area contributed by atoms with Crippen LogP contribution in [-0.4, -0.2) is 11.5 Å². The number of nitrogens with zero attached hydrogens (tertiary/aromatic N) is 1. The fraction of sp³-hybridized carbons (Fsp3) is 1.00. The lowest BCUT2D eigenvalue weighted by molar-refractivity contribution is -0.500. The van der Waals surface area contributed by atoms with Crippen LogP contribution in [0.25, 0.3) is 0 Å². The quantitative estimate of drug-likeness (QED) is 0.458. The molecule has 0 aromatic rings. The largest absolute Gasteiger partial charge is 0.265 e. The topological polar surface area (TPSA) is 43.1 Å². The third-order valence-corrected chi connectivity index (χ3v) is 2.55. The van der Waals surface area contributed by atoms with Gasteiger partial charge < -0.3 is 0 Å². The zero-order valence-electron chi connectivity index (χ0n) is 7.97. The summed E-state index contributed by atoms with van der Waals surface area (Å²) in [6.45, 7) is 9.96. The average Bonchev–Trinajstić information content (AvgIpc) is 1.56. The third kappa shape index (κ3) is 2.87. The summed E-state index contributed by atoms with van der Waals surface area (Å²) in [5.41, 5.74) is -0.253. The van der Waals surface area contributed by atoms with Gasteiger partial charge in [-0.2, -0.15) is 0 Å². The molecule has 0 aromatic carbocycles. The fourth-order valence-electron chi connectivity index (χ4n) is 0.560. The minimum atomic E-state index is -0.245. The monoisotopic (exact) mass is 159 g/mol. The summed E-state index contributed by atoms with van der Waals surface area (Å²) in [5.74, 6) is 0. The highest BCUT2D eigenvalue weighted by Gasteiger charge is 2.37. The van der Waals surface area contributed by atoms with Gasteiger partial charge in [0.2, 0.25) is 6.54 Å². The highest BCUT2D eigenvalue weighted by Crippen LogP contribution is 2.37. The lowest BCUT2D eigenvalue weighted by Crippen LogP contribution is -2.36. The highest BCUT2D eigenvalue weighted by atomic mass is 16.6. The molecule has 66 valence electrons. The predicted octanol–water partition coefficient (Wildman–Crippen LogP) is 2.34. The molecule has 3 heteroatoms. The zero-order valence-corrected chi connectivity index (χ0v) is 7.97. The van der Waals surface area contributed by atoms with E-state index in [1.165, 1.54) is 0 Å². The van der Waals surface area contributed by atoms with Gasteiger partial charge >= 0.3 is 0 Å². The molecule has 0 atom stereocenters. The normalized spacial score (nSPS) is 13.2. The predicted molar refractivity (Wildman–Crippen MR) is 45.1 cm³/mol. The molecular formula is C8H17NO2. The van der Waals surface area contributed by atoms with E-state index in [0.29, 0.717) is 0 Å². The van der Waals surface area contributed by atoms with Crippen molar-refractivity contribution in [1.82, 2.24) is 0 Å². The van der Waals surface area contributed by atoms with Gasteiger partial charge in [0, 0.05) is 10.3 Å². The molecule has 0 saturated carbocycles. The molecular weight excluding hydrogens is 142 g/mol. The van der Waals surface area contributed by atoms with E-state index in [1.54, 1.807) is 0 Å². The smallest absolute Gasteiger partial charge is 0.209 e. The third-order valence-electron chi connectivity index (χ3n) is 2.55. The van der Waals surface area contributed by atoms with E-state index in [0.717, 1.165) is 0 Å². The SMILES string of the molecule is CC(C)(C)C(C)(C)C[N+](=O)[O-]. The molecule has 0 N–H and O–H groups in total. The van der Waals surface area contributed by atoms with E-state index < -0.39 is 0 Å². The van der Waals surface area contributed by atoms with Crippen LogP contribution in [0.2, 0.25) is 0 Å². The fourth-order valence-corrected chi connectivity index (χ4v) is 0.560. The Kier molecular flexibility index (Phi) is 2.64. The van der Waals surface area contributed by atoms with Gasteiger partial charge in [0.05, 0.1) is 0 Å². The minimum absolute atomic E-state index is 0.0138. The Bertz CT molecular complexity index is 156. The first-order chi connectivity index (χ1) is 4.67. The van der Waals surface area contributed by atoms with Gasteiger partial charge in [0.15, 0.2) is 0 Å². The Balaban J connectivity index is 4.34. The van der Waals surface area contributed by atoms with Crippen LogP contribution in [0.5, 0.6) is 0 Å². The summed E-state index contributed by atoms with van der Waals surface area (Å²) in [7, 11) is 0. The molecule has 0 rings (SSSR count). The van der Waals surface area contributed by atoms with Gasteiger partial charge in [-0.15, -0.1) is 0 Å². The van der Waals surface area contributed by atoms with Gasteiger partial charge in [-0.1, -0.05) is 34.6 Å². The molecule has 11 heavy (non-hydrogen) atoms. The molecule has 0 fully saturated rings. The molecule has 0 radical (unpaired) electrons. The van der Waals surface area contributed by atoms with Crippen LogP contribution in [0.3, 0.4) is 0 Å². The zero-order chi connectivity index (χ0) is 9.28. The first kappa shape index (κ1) is 10.4. The standard InChI is InChI=1S/C8H17NO2/c1-7(2,3)8(4,5)6-9(10)11/h6H2,1-5H3. The van der Waals surface area contributed by atoms with Gasteiger partial charge in [-0.05, 0) is 5.41 Å². The van der Waals surface area contributed by atoms with Crippen LogP contribution in [0.1, 0.15) is 34.6 Å². The molecule has 0 aliphatic carbocycles. The summed E-state index contributed by atoms with van der Waals surface area (Å²) in [4.78, 5) is 10.0. The van der Waals surface area contributed by atoms with Crippen LogP contribution in [-0.2, 0) is 0 Å². The van der Waals surface area contributed by atoms with Gasteiger partial charge in [-0.3, -0.25) is 10.1 Å². The number of hydrogen-bond donors (Lipinski definition) is 0. The summed E-state index contributed by atoms with van der Waals surface area (Å²) in [5, 5.41) is 10.3. The van der Waals surface area contributed by atoms with E-state index in [1.807, 2.05) is 34.6 Å². The van der Waals surface area contributed by atoms with Crippen LogP contribution in [0.4, 0.5) is 0 Å². The van der Waals surface area contributed by atoms with E-state index in [2.05, 4.69) is 0 Å². The highest BCUT2D eigenvalue weighted by molar-refractivity contribution is 4.81. The number of rotatable bonds is 2. The molecule has 0 amide bonds. The Morgan fingerprint density at radius 1 is 1.18 bits per heavy atom. The van der Waals surface area contributed by atoms with Crippen molar-refractivity contribution in [2.24, 2.45) is 10.8 Å². The van der Waals surface area contributed by atoms with Gasteiger partial charge in [0.1, 0.15) is 0 Å². The molecule has 0 aliphatic rings. The van der Waals surface area contributed by atoms with Crippen LogP contribution < -0.4 is 0 Å². The molecule has 3 nitrogen and oxygen atoms in total. The average molecular weight is 159 g/mol. The second kappa shape index (κ2) is 2.80. The van der Waals surface area contributed by atoms with Gasteiger partial charge in [-0.25, -0.2) is 0 Å². The second-order valence-electron chi connectivity index (χ2n) is 4.62. The van der Waals surface area contributed by atoms with Crippen LogP contribution in [0, 0.1) is 20.9 Å². The lowest BCUT2D eigenvalue weighted by Gasteiger charge is -2.34. The molecule has 0 aliphatic heterocycles. The van der Waals surface area contributed by atoms with E-state index in [9.17, 15) is 10.1 Å². The molecule has 0 unspecified atom stereocenters.